The molecule has 1 aromatic rings. The van der Waals surface area contributed by atoms with Crippen LogP contribution >= 0.6 is 0 Å². The molecule has 0 saturated heterocycles. The van der Waals surface area contributed by atoms with E-state index in [0.29, 0.717) is 5.56 Å². The molecule has 0 radical (unpaired) electrons. The zero-order chi connectivity index (χ0) is 16.1. The van der Waals surface area contributed by atoms with Crippen molar-refractivity contribution in [3.05, 3.63) is 29.6 Å². The summed E-state index contributed by atoms with van der Waals surface area (Å²) in [5, 5.41) is 0. The quantitative estimate of drug-likeness (QED) is 0.560. The van der Waals surface area contributed by atoms with E-state index in [1.54, 1.807) is 6.07 Å². The Balaban J connectivity index is 2.00. The van der Waals surface area contributed by atoms with Gasteiger partial charge < -0.3 is 4.74 Å². The summed E-state index contributed by atoms with van der Waals surface area (Å²) in [4.78, 5) is 10.8. The van der Waals surface area contributed by atoms with Crippen LogP contribution in [0.3, 0.4) is 0 Å². The Hall–Kier alpha value is -1.52. The molecule has 0 aromatic heterocycles. The number of halogens is 3. The van der Waals surface area contributed by atoms with Crippen molar-refractivity contribution < 1.29 is 22.7 Å². The highest BCUT2D eigenvalue weighted by molar-refractivity contribution is 5.75. The lowest BCUT2D eigenvalue weighted by Crippen LogP contribution is -2.18. The maximum absolute atomic E-state index is 14.2. The van der Waals surface area contributed by atoms with Crippen LogP contribution in [0.1, 0.15) is 56.9 Å². The number of alkyl halides is 2. The third kappa shape index (κ3) is 4.24. The first-order valence-electron chi connectivity index (χ1n) is 7.80. The molecular weight excluding hydrogens is 293 g/mol. The molecule has 2 nitrogen and oxygen atoms in total. The normalized spacial score (nSPS) is 21.9. The van der Waals surface area contributed by atoms with Gasteiger partial charge in [-0.3, -0.25) is 0 Å². The molecule has 0 unspecified atom stereocenters. The number of benzene rings is 1. The first-order valence-corrected chi connectivity index (χ1v) is 7.80. The molecule has 0 atom stereocenters. The van der Waals surface area contributed by atoms with E-state index in [4.69, 9.17) is 0 Å². The zero-order valence-electron chi connectivity index (χ0n) is 12.7. The summed E-state index contributed by atoms with van der Waals surface area (Å²) in [7, 11) is 0. The van der Waals surface area contributed by atoms with E-state index >= 15 is 0 Å². The van der Waals surface area contributed by atoms with Crippen LogP contribution in [0.4, 0.5) is 13.2 Å². The molecule has 1 aromatic carbocycles. The van der Waals surface area contributed by atoms with Gasteiger partial charge in [0.25, 0.3) is 0 Å². The van der Waals surface area contributed by atoms with Crippen molar-refractivity contribution >= 4 is 5.97 Å². The van der Waals surface area contributed by atoms with Crippen LogP contribution in [-0.2, 0) is 4.79 Å². The molecule has 22 heavy (non-hydrogen) atoms. The van der Waals surface area contributed by atoms with E-state index < -0.39 is 18.2 Å². The zero-order valence-corrected chi connectivity index (χ0v) is 12.7. The fourth-order valence-corrected chi connectivity index (χ4v) is 3.23. The molecule has 1 aliphatic rings. The van der Waals surface area contributed by atoms with Crippen LogP contribution in [-0.4, -0.2) is 12.4 Å². The first-order chi connectivity index (χ1) is 10.5. The van der Waals surface area contributed by atoms with Crippen molar-refractivity contribution in [2.24, 2.45) is 5.92 Å². The van der Waals surface area contributed by atoms with Crippen LogP contribution < -0.4 is 4.74 Å². The largest absolute Gasteiger partial charge is 0.422 e. The number of ether oxygens (including phenoxy) is 1. The summed E-state index contributed by atoms with van der Waals surface area (Å²) in [6, 6.07) is 3.96. The number of hydrogen-bond donors (Lipinski definition) is 0. The van der Waals surface area contributed by atoms with Crippen molar-refractivity contribution in [1.29, 1.82) is 0 Å². The molecular formula is C17H21F3O2. The minimum atomic E-state index is -3.21. The smallest absolute Gasteiger partial charge is 0.379 e. The van der Waals surface area contributed by atoms with Gasteiger partial charge in [0.2, 0.25) is 0 Å². The molecule has 122 valence electrons. The van der Waals surface area contributed by atoms with Gasteiger partial charge in [-0.25, -0.2) is 9.18 Å². The lowest BCUT2D eigenvalue weighted by molar-refractivity contribution is -0.146. The van der Waals surface area contributed by atoms with Crippen molar-refractivity contribution in [1.82, 2.24) is 0 Å². The molecule has 0 bridgehead atoms. The molecule has 0 aliphatic heterocycles. The number of esters is 1. The van der Waals surface area contributed by atoms with E-state index in [9.17, 15) is 18.0 Å². The standard InChI is InChI=1S/C17H21F3O2/c1-2-3-11-4-6-12(7-5-11)14-9-8-13(10-15(14)18)22-17(21)16(19)20/h8-12,16H,2-7H2,1H3. The topological polar surface area (TPSA) is 26.3 Å². The predicted molar refractivity (Wildman–Crippen MR) is 77.6 cm³/mol. The van der Waals surface area contributed by atoms with Gasteiger partial charge in [0.1, 0.15) is 11.6 Å². The van der Waals surface area contributed by atoms with Gasteiger partial charge in [-0.15, -0.1) is 0 Å². The second-order valence-corrected chi connectivity index (χ2v) is 5.91. The second-order valence-electron chi connectivity index (χ2n) is 5.91. The number of rotatable bonds is 5. The van der Waals surface area contributed by atoms with Crippen LogP contribution in [0, 0.1) is 11.7 Å². The van der Waals surface area contributed by atoms with E-state index in [1.165, 1.54) is 18.9 Å². The van der Waals surface area contributed by atoms with Gasteiger partial charge in [-0.2, -0.15) is 8.78 Å². The van der Waals surface area contributed by atoms with Gasteiger partial charge in [-0.05, 0) is 49.1 Å². The number of carbonyl (C=O) groups excluding carboxylic acids is 1. The maximum atomic E-state index is 14.2. The molecule has 1 saturated carbocycles. The highest BCUT2D eigenvalue weighted by Crippen LogP contribution is 2.39. The fourth-order valence-electron chi connectivity index (χ4n) is 3.23. The SMILES string of the molecule is CCCC1CCC(c2ccc(OC(=O)C(F)F)cc2F)CC1. The number of hydrogen-bond acceptors (Lipinski definition) is 2. The van der Waals surface area contributed by atoms with Crippen LogP contribution in [0.2, 0.25) is 0 Å². The summed E-state index contributed by atoms with van der Waals surface area (Å²) >= 11 is 0. The van der Waals surface area contributed by atoms with Gasteiger partial charge in [-0.1, -0.05) is 25.8 Å². The molecule has 0 N–H and O–H groups in total. The van der Waals surface area contributed by atoms with E-state index in [2.05, 4.69) is 11.7 Å². The molecule has 0 amide bonds. The molecule has 0 heterocycles. The van der Waals surface area contributed by atoms with Crippen molar-refractivity contribution in [2.45, 2.75) is 57.8 Å². The molecule has 1 fully saturated rings. The third-order valence-corrected chi connectivity index (χ3v) is 4.35. The lowest BCUT2D eigenvalue weighted by atomic mass is 9.77. The van der Waals surface area contributed by atoms with E-state index in [0.717, 1.165) is 37.7 Å². The molecule has 2 rings (SSSR count). The van der Waals surface area contributed by atoms with Crippen molar-refractivity contribution in [2.75, 3.05) is 0 Å². The van der Waals surface area contributed by atoms with Crippen LogP contribution in [0.5, 0.6) is 5.75 Å². The van der Waals surface area contributed by atoms with Gasteiger partial charge in [0, 0.05) is 6.07 Å². The number of carbonyl (C=O) groups is 1. The first kappa shape index (κ1) is 16.8. The van der Waals surface area contributed by atoms with Gasteiger partial charge in [0.05, 0.1) is 0 Å². The fraction of sp³-hybridized carbons (Fsp3) is 0.588. The average Bonchev–Trinajstić information content (AvgIpc) is 2.49. The Labute approximate surface area is 128 Å². The Morgan fingerprint density at radius 2 is 1.95 bits per heavy atom. The Bertz CT molecular complexity index is 509. The molecule has 5 heteroatoms. The van der Waals surface area contributed by atoms with Gasteiger partial charge in [0.15, 0.2) is 0 Å². The summed E-state index contributed by atoms with van der Waals surface area (Å²) in [6.45, 7) is 2.17. The second kappa shape index (κ2) is 7.65. The Morgan fingerprint density at radius 1 is 1.27 bits per heavy atom. The monoisotopic (exact) mass is 314 g/mol. The minimum absolute atomic E-state index is 0.160. The summed E-state index contributed by atoms with van der Waals surface area (Å²) in [6.07, 6.45) is 3.26. The summed E-state index contributed by atoms with van der Waals surface area (Å²) < 4.78 is 42.8. The third-order valence-electron chi connectivity index (χ3n) is 4.35. The predicted octanol–water partition coefficient (Wildman–Crippen LogP) is 5.07. The van der Waals surface area contributed by atoms with Gasteiger partial charge >= 0.3 is 12.4 Å². The highest BCUT2D eigenvalue weighted by Gasteiger charge is 2.24. The van der Waals surface area contributed by atoms with E-state index in [-0.39, 0.29) is 11.7 Å². The Morgan fingerprint density at radius 3 is 2.50 bits per heavy atom. The molecule has 1 aliphatic carbocycles. The summed E-state index contributed by atoms with van der Waals surface area (Å²) in [5.74, 6) is -1.43. The van der Waals surface area contributed by atoms with Crippen LogP contribution in [0.25, 0.3) is 0 Å². The summed E-state index contributed by atoms with van der Waals surface area (Å²) in [5.41, 5.74) is 0.590. The van der Waals surface area contributed by atoms with Crippen molar-refractivity contribution in [3.63, 3.8) is 0 Å². The highest BCUT2D eigenvalue weighted by atomic mass is 19.3. The maximum Gasteiger partial charge on any atom is 0.379 e. The lowest BCUT2D eigenvalue weighted by Gasteiger charge is -2.28. The van der Waals surface area contributed by atoms with Crippen molar-refractivity contribution in [3.8, 4) is 5.75 Å². The molecule has 0 spiro atoms. The Kier molecular flexibility index (Phi) is 5.86. The average molecular weight is 314 g/mol. The van der Waals surface area contributed by atoms with Crippen LogP contribution in [0.15, 0.2) is 18.2 Å². The van der Waals surface area contributed by atoms with E-state index in [1.807, 2.05) is 0 Å². The minimum Gasteiger partial charge on any atom is -0.422 e.